The van der Waals surface area contributed by atoms with Gasteiger partial charge in [0.05, 0.1) is 0 Å². The summed E-state index contributed by atoms with van der Waals surface area (Å²) in [4.78, 5) is 23.3. The van der Waals surface area contributed by atoms with Crippen LogP contribution in [0.4, 0.5) is 0 Å². The standard InChI is InChI=1S/C11H21NO2/c1-4-10(11(14)12(2)3)8-6-5-7-9-13/h9-10H,4-8H2,1-3H3. The van der Waals surface area contributed by atoms with Crippen LogP contribution in [0.2, 0.25) is 0 Å². The summed E-state index contributed by atoms with van der Waals surface area (Å²) in [6.07, 6.45) is 5.22. The van der Waals surface area contributed by atoms with Crippen molar-refractivity contribution in [2.24, 2.45) is 5.92 Å². The van der Waals surface area contributed by atoms with Crippen LogP contribution in [0, 0.1) is 5.92 Å². The molecule has 3 nitrogen and oxygen atoms in total. The van der Waals surface area contributed by atoms with E-state index in [1.165, 1.54) is 0 Å². The summed E-state index contributed by atoms with van der Waals surface area (Å²) < 4.78 is 0. The predicted molar refractivity (Wildman–Crippen MR) is 57.0 cm³/mol. The van der Waals surface area contributed by atoms with Gasteiger partial charge in [-0.3, -0.25) is 4.79 Å². The van der Waals surface area contributed by atoms with Crippen LogP contribution in [-0.2, 0) is 9.59 Å². The fourth-order valence-corrected chi connectivity index (χ4v) is 1.49. The largest absolute Gasteiger partial charge is 0.349 e. The topological polar surface area (TPSA) is 37.4 Å². The zero-order valence-corrected chi connectivity index (χ0v) is 9.45. The second-order valence-corrected chi connectivity index (χ2v) is 3.79. The Kier molecular flexibility index (Phi) is 7.07. The van der Waals surface area contributed by atoms with E-state index < -0.39 is 0 Å². The number of unbranched alkanes of at least 4 members (excludes halogenated alkanes) is 2. The molecule has 0 radical (unpaired) electrons. The summed E-state index contributed by atoms with van der Waals surface area (Å²) >= 11 is 0. The molecule has 0 aromatic rings. The van der Waals surface area contributed by atoms with Crippen LogP contribution in [0.15, 0.2) is 0 Å². The van der Waals surface area contributed by atoms with Gasteiger partial charge in [-0.1, -0.05) is 13.3 Å². The predicted octanol–water partition coefficient (Wildman–Crippen LogP) is 1.86. The Labute approximate surface area is 86.5 Å². The first kappa shape index (κ1) is 13.1. The zero-order valence-electron chi connectivity index (χ0n) is 9.45. The first-order valence-corrected chi connectivity index (χ1v) is 5.28. The monoisotopic (exact) mass is 199 g/mol. The molecule has 0 bridgehead atoms. The maximum atomic E-state index is 11.6. The lowest BCUT2D eigenvalue weighted by molar-refractivity contribution is -0.133. The van der Waals surface area contributed by atoms with Crippen molar-refractivity contribution in [2.75, 3.05) is 14.1 Å². The van der Waals surface area contributed by atoms with Crippen molar-refractivity contribution >= 4 is 12.2 Å². The van der Waals surface area contributed by atoms with Gasteiger partial charge < -0.3 is 9.69 Å². The van der Waals surface area contributed by atoms with E-state index in [1.807, 2.05) is 6.92 Å². The lowest BCUT2D eigenvalue weighted by Crippen LogP contribution is -2.29. The Hall–Kier alpha value is -0.860. The van der Waals surface area contributed by atoms with Gasteiger partial charge in [0.2, 0.25) is 5.91 Å². The third kappa shape index (κ3) is 5.00. The molecule has 14 heavy (non-hydrogen) atoms. The van der Waals surface area contributed by atoms with E-state index in [0.717, 1.165) is 32.0 Å². The van der Waals surface area contributed by atoms with Gasteiger partial charge in [-0.15, -0.1) is 0 Å². The Morgan fingerprint density at radius 1 is 1.36 bits per heavy atom. The molecule has 0 aliphatic rings. The number of carbonyl (C=O) groups excluding carboxylic acids is 2. The minimum atomic E-state index is 0.136. The third-order valence-electron chi connectivity index (χ3n) is 2.41. The summed E-state index contributed by atoms with van der Waals surface area (Å²) in [5.74, 6) is 0.343. The molecular formula is C11H21NO2. The van der Waals surface area contributed by atoms with Crippen LogP contribution < -0.4 is 0 Å². The second kappa shape index (κ2) is 7.54. The number of amides is 1. The molecule has 0 aliphatic heterocycles. The van der Waals surface area contributed by atoms with E-state index >= 15 is 0 Å². The van der Waals surface area contributed by atoms with Crippen molar-refractivity contribution in [3.05, 3.63) is 0 Å². The van der Waals surface area contributed by atoms with Gasteiger partial charge >= 0.3 is 0 Å². The SMILES string of the molecule is CCC(CCCCC=O)C(=O)N(C)C. The molecule has 0 aromatic carbocycles. The average molecular weight is 199 g/mol. The maximum Gasteiger partial charge on any atom is 0.225 e. The Morgan fingerprint density at radius 2 is 2.00 bits per heavy atom. The Bertz CT molecular complexity index is 178. The number of hydrogen-bond donors (Lipinski definition) is 0. The van der Waals surface area contributed by atoms with E-state index in [2.05, 4.69) is 0 Å². The van der Waals surface area contributed by atoms with E-state index in [9.17, 15) is 9.59 Å². The molecule has 0 N–H and O–H groups in total. The molecule has 1 amide bonds. The van der Waals surface area contributed by atoms with Crippen LogP contribution in [0.25, 0.3) is 0 Å². The van der Waals surface area contributed by atoms with E-state index in [-0.39, 0.29) is 11.8 Å². The van der Waals surface area contributed by atoms with E-state index in [1.54, 1.807) is 19.0 Å². The van der Waals surface area contributed by atoms with Crippen LogP contribution in [-0.4, -0.2) is 31.2 Å². The molecule has 1 atom stereocenters. The second-order valence-electron chi connectivity index (χ2n) is 3.79. The van der Waals surface area contributed by atoms with E-state index in [4.69, 9.17) is 0 Å². The normalized spacial score (nSPS) is 12.2. The lowest BCUT2D eigenvalue weighted by Gasteiger charge is -2.18. The Balaban J connectivity index is 3.79. The molecule has 3 heteroatoms. The van der Waals surface area contributed by atoms with Gasteiger partial charge in [-0.25, -0.2) is 0 Å². The van der Waals surface area contributed by atoms with Crippen LogP contribution in [0.1, 0.15) is 39.0 Å². The van der Waals surface area contributed by atoms with Crippen LogP contribution in [0.5, 0.6) is 0 Å². The number of aldehydes is 1. The molecule has 0 saturated carbocycles. The molecule has 82 valence electrons. The highest BCUT2D eigenvalue weighted by atomic mass is 16.2. The molecule has 0 aliphatic carbocycles. The van der Waals surface area contributed by atoms with Crippen LogP contribution >= 0.6 is 0 Å². The van der Waals surface area contributed by atoms with Crippen molar-refractivity contribution in [3.63, 3.8) is 0 Å². The first-order chi connectivity index (χ1) is 6.63. The number of carbonyl (C=O) groups is 2. The number of nitrogens with zero attached hydrogens (tertiary/aromatic N) is 1. The molecule has 0 rings (SSSR count). The molecule has 0 heterocycles. The average Bonchev–Trinajstić information content (AvgIpc) is 2.17. The van der Waals surface area contributed by atoms with Crippen molar-refractivity contribution in [1.29, 1.82) is 0 Å². The van der Waals surface area contributed by atoms with Crippen molar-refractivity contribution in [2.45, 2.75) is 39.0 Å². The van der Waals surface area contributed by atoms with Crippen molar-refractivity contribution in [1.82, 2.24) is 4.90 Å². The van der Waals surface area contributed by atoms with Gasteiger partial charge in [0.25, 0.3) is 0 Å². The summed E-state index contributed by atoms with van der Waals surface area (Å²) in [6, 6.07) is 0. The fourth-order valence-electron chi connectivity index (χ4n) is 1.49. The fraction of sp³-hybridized carbons (Fsp3) is 0.818. The zero-order chi connectivity index (χ0) is 11.0. The van der Waals surface area contributed by atoms with E-state index in [0.29, 0.717) is 6.42 Å². The minimum Gasteiger partial charge on any atom is -0.349 e. The first-order valence-electron chi connectivity index (χ1n) is 5.28. The number of hydrogen-bond acceptors (Lipinski definition) is 2. The van der Waals surface area contributed by atoms with Gasteiger partial charge in [-0.05, 0) is 19.3 Å². The minimum absolute atomic E-state index is 0.136. The van der Waals surface area contributed by atoms with Crippen molar-refractivity contribution < 1.29 is 9.59 Å². The van der Waals surface area contributed by atoms with Gasteiger partial charge in [0.15, 0.2) is 0 Å². The highest BCUT2D eigenvalue weighted by molar-refractivity contribution is 5.78. The molecule has 0 saturated heterocycles. The smallest absolute Gasteiger partial charge is 0.225 e. The summed E-state index contributed by atoms with van der Waals surface area (Å²) in [5, 5.41) is 0. The van der Waals surface area contributed by atoms with Gasteiger partial charge in [-0.2, -0.15) is 0 Å². The third-order valence-corrected chi connectivity index (χ3v) is 2.41. The van der Waals surface area contributed by atoms with Crippen molar-refractivity contribution in [3.8, 4) is 0 Å². The highest BCUT2D eigenvalue weighted by Crippen LogP contribution is 2.15. The maximum absolute atomic E-state index is 11.6. The molecule has 1 unspecified atom stereocenters. The molecular weight excluding hydrogens is 178 g/mol. The summed E-state index contributed by atoms with van der Waals surface area (Å²) in [5.41, 5.74) is 0. The number of rotatable bonds is 7. The lowest BCUT2D eigenvalue weighted by atomic mass is 9.97. The highest BCUT2D eigenvalue weighted by Gasteiger charge is 2.17. The van der Waals surface area contributed by atoms with Crippen LogP contribution in [0.3, 0.4) is 0 Å². The van der Waals surface area contributed by atoms with Gasteiger partial charge in [0.1, 0.15) is 6.29 Å². The molecule has 0 fully saturated rings. The molecule has 0 aromatic heterocycles. The Morgan fingerprint density at radius 3 is 2.43 bits per heavy atom. The summed E-state index contributed by atoms with van der Waals surface area (Å²) in [7, 11) is 3.58. The molecule has 0 spiro atoms. The summed E-state index contributed by atoms with van der Waals surface area (Å²) in [6.45, 7) is 2.03. The van der Waals surface area contributed by atoms with Gasteiger partial charge in [0, 0.05) is 26.4 Å². The quantitative estimate of drug-likeness (QED) is 0.463.